The number of fused-ring (bicyclic) bond motifs is 1. The first-order chi connectivity index (χ1) is 11.9. The van der Waals surface area contributed by atoms with Crippen LogP contribution in [0.4, 0.5) is 10.5 Å². The Morgan fingerprint density at radius 2 is 1.96 bits per heavy atom. The summed E-state index contributed by atoms with van der Waals surface area (Å²) < 4.78 is 11.3. The second kappa shape index (κ2) is 6.84. The Morgan fingerprint density at radius 3 is 2.64 bits per heavy atom. The number of hydrogen-bond donors (Lipinski definition) is 2. The van der Waals surface area contributed by atoms with E-state index < -0.39 is 5.60 Å². The van der Waals surface area contributed by atoms with Gasteiger partial charge in [-0.05, 0) is 50.2 Å². The molecular weight excluding hydrogens is 340 g/mol. The van der Waals surface area contributed by atoms with Crippen molar-refractivity contribution >= 4 is 23.3 Å². The molecule has 2 amide bonds. The predicted octanol–water partition coefficient (Wildman–Crippen LogP) is 4.77. The minimum absolute atomic E-state index is 0.156. The summed E-state index contributed by atoms with van der Waals surface area (Å²) in [4.78, 5) is 12.4. The summed E-state index contributed by atoms with van der Waals surface area (Å²) in [5.41, 5.74) is 1.23. The Morgan fingerprint density at radius 1 is 1.24 bits per heavy atom. The maximum absolute atomic E-state index is 12.4. The highest BCUT2D eigenvalue weighted by molar-refractivity contribution is 6.30. The largest absolute Gasteiger partial charge is 0.497 e. The molecule has 5 nitrogen and oxygen atoms in total. The summed E-state index contributed by atoms with van der Waals surface area (Å²) >= 11 is 5.86. The van der Waals surface area contributed by atoms with Gasteiger partial charge in [0.25, 0.3) is 0 Å². The molecule has 2 N–H and O–H groups in total. The fourth-order valence-corrected chi connectivity index (χ4v) is 3.07. The molecule has 6 heteroatoms. The van der Waals surface area contributed by atoms with Gasteiger partial charge < -0.3 is 20.1 Å². The zero-order valence-corrected chi connectivity index (χ0v) is 15.2. The van der Waals surface area contributed by atoms with E-state index in [2.05, 4.69) is 10.6 Å². The normalized spacial score (nSPS) is 17.8. The maximum atomic E-state index is 12.4. The number of nitrogens with one attached hydrogen (secondary N) is 2. The molecule has 0 saturated carbocycles. The van der Waals surface area contributed by atoms with Gasteiger partial charge in [-0.1, -0.05) is 11.6 Å². The van der Waals surface area contributed by atoms with Crippen molar-refractivity contribution in [3.63, 3.8) is 0 Å². The number of ether oxygens (including phenoxy) is 2. The standard InChI is InChI=1S/C19H21ClN2O3/c1-19(2)11-16(15-9-8-14(24-3)10-17(15)25-19)22-18(23)21-13-6-4-12(20)5-7-13/h4-10,16H,11H2,1-3H3,(H2,21,22,23)/t16-/m0/s1. The van der Waals surface area contributed by atoms with Crippen LogP contribution in [-0.4, -0.2) is 18.7 Å². The molecule has 25 heavy (non-hydrogen) atoms. The SMILES string of the molecule is COc1ccc2c(c1)OC(C)(C)C[C@@H]2NC(=O)Nc1ccc(Cl)cc1. The van der Waals surface area contributed by atoms with Crippen LogP contribution < -0.4 is 20.1 Å². The van der Waals surface area contributed by atoms with E-state index in [4.69, 9.17) is 21.1 Å². The van der Waals surface area contributed by atoms with Gasteiger partial charge in [0, 0.05) is 28.8 Å². The number of anilines is 1. The molecule has 132 valence electrons. The first kappa shape index (κ1) is 17.4. The van der Waals surface area contributed by atoms with Gasteiger partial charge in [-0.3, -0.25) is 0 Å². The summed E-state index contributed by atoms with van der Waals surface area (Å²) in [6.07, 6.45) is 0.667. The molecule has 0 aliphatic carbocycles. The van der Waals surface area contributed by atoms with Crippen molar-refractivity contribution in [2.24, 2.45) is 0 Å². The Labute approximate surface area is 152 Å². The summed E-state index contributed by atoms with van der Waals surface area (Å²) in [7, 11) is 1.62. The highest BCUT2D eigenvalue weighted by Gasteiger charge is 2.34. The average Bonchev–Trinajstić information content (AvgIpc) is 2.55. The molecule has 1 aliphatic rings. The molecule has 2 aromatic carbocycles. The molecule has 1 atom stereocenters. The van der Waals surface area contributed by atoms with E-state index in [1.54, 1.807) is 31.4 Å². The van der Waals surface area contributed by atoms with Gasteiger partial charge in [0.05, 0.1) is 13.2 Å². The molecule has 0 spiro atoms. The Kier molecular flexibility index (Phi) is 4.77. The van der Waals surface area contributed by atoms with Crippen LogP contribution in [0, 0.1) is 0 Å². The Hall–Kier alpha value is -2.40. The third-order valence-electron chi connectivity index (χ3n) is 4.09. The third-order valence-corrected chi connectivity index (χ3v) is 4.34. The van der Waals surface area contributed by atoms with Crippen LogP contribution in [0.3, 0.4) is 0 Å². The Bertz CT molecular complexity index is 775. The van der Waals surface area contributed by atoms with Crippen molar-refractivity contribution in [1.82, 2.24) is 5.32 Å². The lowest BCUT2D eigenvalue weighted by molar-refractivity contribution is 0.0679. The second-order valence-electron chi connectivity index (χ2n) is 6.63. The van der Waals surface area contributed by atoms with Gasteiger partial charge in [-0.2, -0.15) is 0 Å². The molecule has 1 heterocycles. The van der Waals surface area contributed by atoms with Crippen LogP contribution in [0.25, 0.3) is 0 Å². The highest BCUT2D eigenvalue weighted by Crippen LogP contribution is 2.41. The molecule has 0 unspecified atom stereocenters. The van der Waals surface area contributed by atoms with Gasteiger partial charge in [-0.15, -0.1) is 0 Å². The van der Waals surface area contributed by atoms with Crippen molar-refractivity contribution in [3.8, 4) is 11.5 Å². The number of urea groups is 1. The number of rotatable bonds is 3. The number of carbonyl (C=O) groups excluding carboxylic acids is 1. The third kappa shape index (κ3) is 4.17. The van der Waals surface area contributed by atoms with Crippen molar-refractivity contribution in [3.05, 3.63) is 53.1 Å². The van der Waals surface area contributed by atoms with Crippen molar-refractivity contribution in [1.29, 1.82) is 0 Å². The Balaban J connectivity index is 1.77. The number of carbonyl (C=O) groups is 1. The number of methoxy groups -OCH3 is 1. The summed E-state index contributed by atoms with van der Waals surface area (Å²) in [5.74, 6) is 1.45. The lowest BCUT2D eigenvalue weighted by Gasteiger charge is -2.38. The van der Waals surface area contributed by atoms with E-state index in [1.165, 1.54) is 0 Å². The summed E-state index contributed by atoms with van der Waals surface area (Å²) in [6.45, 7) is 4.00. The summed E-state index contributed by atoms with van der Waals surface area (Å²) in [5, 5.41) is 6.48. The smallest absolute Gasteiger partial charge is 0.319 e. The number of halogens is 1. The molecule has 0 fully saturated rings. The first-order valence-corrected chi connectivity index (χ1v) is 8.44. The minimum atomic E-state index is -0.391. The van der Waals surface area contributed by atoms with Gasteiger partial charge in [-0.25, -0.2) is 4.79 Å². The summed E-state index contributed by atoms with van der Waals surface area (Å²) in [6, 6.07) is 12.2. The van der Waals surface area contributed by atoms with Gasteiger partial charge in [0.1, 0.15) is 17.1 Å². The van der Waals surface area contributed by atoms with Crippen LogP contribution in [0.1, 0.15) is 31.9 Å². The lowest BCUT2D eigenvalue weighted by atomic mass is 9.89. The van der Waals surface area contributed by atoms with Gasteiger partial charge >= 0.3 is 6.03 Å². The van der Waals surface area contributed by atoms with E-state index in [9.17, 15) is 4.79 Å². The fourth-order valence-electron chi connectivity index (χ4n) is 2.95. The molecule has 0 radical (unpaired) electrons. The topological polar surface area (TPSA) is 59.6 Å². The van der Waals surface area contributed by atoms with E-state index in [0.717, 1.165) is 17.1 Å². The van der Waals surface area contributed by atoms with Gasteiger partial charge in [0.2, 0.25) is 0 Å². The van der Waals surface area contributed by atoms with Crippen molar-refractivity contribution in [2.45, 2.75) is 31.9 Å². The molecular formula is C19H21ClN2O3. The molecule has 0 saturated heterocycles. The quantitative estimate of drug-likeness (QED) is 0.828. The predicted molar refractivity (Wildman–Crippen MR) is 98.7 cm³/mol. The van der Waals surface area contributed by atoms with Crippen LogP contribution in [0.5, 0.6) is 11.5 Å². The van der Waals surface area contributed by atoms with E-state index in [1.807, 2.05) is 32.0 Å². The number of benzene rings is 2. The van der Waals surface area contributed by atoms with Crippen LogP contribution in [0.15, 0.2) is 42.5 Å². The van der Waals surface area contributed by atoms with E-state index >= 15 is 0 Å². The zero-order valence-electron chi connectivity index (χ0n) is 14.4. The molecule has 0 bridgehead atoms. The first-order valence-electron chi connectivity index (χ1n) is 8.06. The minimum Gasteiger partial charge on any atom is -0.497 e. The molecule has 2 aromatic rings. The van der Waals surface area contributed by atoms with Crippen LogP contribution >= 0.6 is 11.6 Å². The lowest BCUT2D eigenvalue weighted by Crippen LogP contribution is -2.42. The number of amides is 2. The fraction of sp³-hybridized carbons (Fsp3) is 0.316. The molecule has 0 aromatic heterocycles. The van der Waals surface area contributed by atoms with Crippen LogP contribution in [0.2, 0.25) is 5.02 Å². The van der Waals surface area contributed by atoms with Crippen molar-refractivity contribution < 1.29 is 14.3 Å². The zero-order chi connectivity index (χ0) is 18.0. The monoisotopic (exact) mass is 360 g/mol. The maximum Gasteiger partial charge on any atom is 0.319 e. The highest BCUT2D eigenvalue weighted by atomic mass is 35.5. The average molecular weight is 361 g/mol. The van der Waals surface area contributed by atoms with E-state index in [0.29, 0.717) is 17.1 Å². The number of hydrogen-bond acceptors (Lipinski definition) is 3. The van der Waals surface area contributed by atoms with Crippen molar-refractivity contribution in [2.75, 3.05) is 12.4 Å². The van der Waals surface area contributed by atoms with Gasteiger partial charge in [0.15, 0.2) is 0 Å². The molecule has 1 aliphatic heterocycles. The molecule has 3 rings (SSSR count). The van der Waals surface area contributed by atoms with Crippen LogP contribution in [-0.2, 0) is 0 Å². The second-order valence-corrected chi connectivity index (χ2v) is 7.06. The van der Waals surface area contributed by atoms with E-state index in [-0.39, 0.29) is 12.1 Å².